The lowest BCUT2D eigenvalue weighted by Crippen LogP contribution is -2.28. The first kappa shape index (κ1) is 22.2. The van der Waals surface area contributed by atoms with Crippen LogP contribution in [0, 0.1) is 5.92 Å². The molecule has 7 nitrogen and oxygen atoms in total. The van der Waals surface area contributed by atoms with E-state index < -0.39 is 27.5 Å². The summed E-state index contributed by atoms with van der Waals surface area (Å²) in [7, 11) is -5.81. The Labute approximate surface area is 164 Å². The molecule has 2 heterocycles. The van der Waals surface area contributed by atoms with E-state index in [2.05, 4.69) is 14.5 Å². The summed E-state index contributed by atoms with van der Waals surface area (Å²) >= 11 is 1.19. The van der Waals surface area contributed by atoms with Crippen LogP contribution < -0.4 is 14.2 Å². The summed E-state index contributed by atoms with van der Waals surface area (Å²) in [5.74, 6) is -0.636. The number of carbonyl (C=O) groups excluding carboxylic acids is 1. The summed E-state index contributed by atoms with van der Waals surface area (Å²) in [5.41, 5.74) is -3.85. The Bertz CT molecular complexity index is 943. The molecule has 1 N–H and O–H groups in total. The number of benzene rings is 1. The van der Waals surface area contributed by atoms with Gasteiger partial charge in [-0.1, -0.05) is 13.8 Å². The highest BCUT2D eigenvalue weighted by atomic mass is 32.2. The van der Waals surface area contributed by atoms with Crippen molar-refractivity contribution in [2.75, 3.05) is 6.54 Å². The fourth-order valence-corrected chi connectivity index (χ4v) is 3.65. The van der Waals surface area contributed by atoms with Crippen molar-refractivity contribution in [2.24, 2.45) is 5.92 Å². The number of carbonyl (C=O) groups is 1. The van der Waals surface area contributed by atoms with E-state index in [4.69, 9.17) is 4.74 Å². The number of rotatable bonds is 5. The second-order valence-electron chi connectivity index (χ2n) is 5.70. The molecule has 1 amide bonds. The Hall–Kier alpha value is -2.08. The van der Waals surface area contributed by atoms with Gasteiger partial charge < -0.3 is 14.2 Å². The minimum absolute atomic E-state index is 0.109. The molecule has 0 aliphatic carbocycles. The highest BCUT2D eigenvalue weighted by Crippen LogP contribution is 2.37. The largest absolute Gasteiger partial charge is 0.534 e. The van der Waals surface area contributed by atoms with Crippen LogP contribution >= 0.6 is 11.3 Å². The van der Waals surface area contributed by atoms with Crippen LogP contribution in [0.3, 0.4) is 0 Å². The maximum atomic E-state index is 12.5. The third-order valence-electron chi connectivity index (χ3n) is 3.85. The number of nitrogens with one attached hydrogen (secondary N) is 1. The van der Waals surface area contributed by atoms with E-state index in [9.17, 15) is 26.4 Å². The fraction of sp³-hybridized carbons (Fsp3) is 0.500. The molecule has 2 atom stereocenters. The Morgan fingerprint density at radius 1 is 1.32 bits per heavy atom. The Balaban J connectivity index is 0.00000136. The number of ether oxygens (including phenoxy) is 1. The summed E-state index contributed by atoms with van der Waals surface area (Å²) in [5, 5.41) is 2.67. The first-order valence-electron chi connectivity index (χ1n) is 8.38. The van der Waals surface area contributed by atoms with Gasteiger partial charge in [-0.05, 0) is 6.92 Å². The van der Waals surface area contributed by atoms with Gasteiger partial charge in [-0.2, -0.15) is 21.6 Å². The van der Waals surface area contributed by atoms with Gasteiger partial charge in [0, 0.05) is 31.0 Å². The Morgan fingerprint density at radius 3 is 2.57 bits per heavy atom. The molecule has 3 rings (SSSR count). The van der Waals surface area contributed by atoms with Crippen LogP contribution in [0.2, 0.25) is 0 Å². The van der Waals surface area contributed by atoms with Crippen molar-refractivity contribution in [3.05, 3.63) is 17.6 Å². The molecule has 2 aromatic rings. The van der Waals surface area contributed by atoms with Gasteiger partial charge >= 0.3 is 15.6 Å². The van der Waals surface area contributed by atoms with Gasteiger partial charge in [0.2, 0.25) is 5.91 Å². The summed E-state index contributed by atoms with van der Waals surface area (Å²) in [6.07, 6.45) is -0.167. The van der Waals surface area contributed by atoms with Crippen molar-refractivity contribution in [2.45, 2.75) is 38.8 Å². The van der Waals surface area contributed by atoms with Crippen molar-refractivity contribution >= 4 is 37.6 Å². The maximum absolute atomic E-state index is 12.5. The van der Waals surface area contributed by atoms with Gasteiger partial charge in [-0.25, -0.2) is 4.98 Å². The van der Waals surface area contributed by atoms with Crippen molar-refractivity contribution < 1.29 is 35.3 Å². The molecule has 2 unspecified atom stereocenters. The molecular weight excluding hydrogens is 421 g/mol. The van der Waals surface area contributed by atoms with Crippen molar-refractivity contribution in [1.82, 2.24) is 10.3 Å². The highest BCUT2D eigenvalue weighted by Gasteiger charge is 2.48. The molecule has 12 heteroatoms. The van der Waals surface area contributed by atoms with E-state index in [1.54, 1.807) is 6.92 Å². The summed E-state index contributed by atoms with van der Waals surface area (Å²) in [4.78, 5) is 15.3. The van der Waals surface area contributed by atoms with Crippen molar-refractivity contribution in [1.29, 1.82) is 0 Å². The van der Waals surface area contributed by atoms with Crippen LogP contribution in [0.25, 0.3) is 10.2 Å². The number of amides is 1. The van der Waals surface area contributed by atoms with Crippen LogP contribution in [0.1, 0.15) is 27.2 Å². The average molecular weight is 440 g/mol. The molecule has 1 fully saturated rings. The quantitative estimate of drug-likeness (QED) is 0.565. The van der Waals surface area contributed by atoms with Gasteiger partial charge in [-0.3, -0.25) is 4.79 Å². The van der Waals surface area contributed by atoms with Crippen molar-refractivity contribution in [3.8, 4) is 11.5 Å². The number of thiazole rings is 1. The predicted octanol–water partition coefficient (Wildman–Crippen LogP) is 3.45. The van der Waals surface area contributed by atoms with E-state index in [1.165, 1.54) is 16.8 Å². The molecule has 1 aliphatic heterocycles. The van der Waals surface area contributed by atoms with Gasteiger partial charge in [-0.15, -0.1) is 11.3 Å². The number of hydrogen-bond donors (Lipinski definition) is 1. The molecule has 0 bridgehead atoms. The number of halogens is 3. The summed E-state index contributed by atoms with van der Waals surface area (Å²) in [6, 6.07) is 2.16. The summed E-state index contributed by atoms with van der Waals surface area (Å²) in [6.45, 7) is 6.14. The second kappa shape index (κ2) is 8.52. The molecule has 0 spiro atoms. The maximum Gasteiger partial charge on any atom is 0.534 e. The molecule has 28 heavy (non-hydrogen) atoms. The minimum Gasteiger partial charge on any atom is -0.489 e. The first-order valence-corrected chi connectivity index (χ1v) is 10.7. The molecule has 156 valence electrons. The minimum atomic E-state index is -5.81. The lowest BCUT2D eigenvalue weighted by atomic mass is 10.0. The zero-order chi connectivity index (χ0) is 21.1. The van der Waals surface area contributed by atoms with E-state index in [1.807, 2.05) is 13.8 Å². The molecule has 1 saturated heterocycles. The Morgan fingerprint density at radius 2 is 2.00 bits per heavy atom. The number of alkyl halides is 3. The fourth-order valence-electron chi connectivity index (χ4n) is 2.48. The van der Waals surface area contributed by atoms with Crippen LogP contribution in [-0.2, 0) is 14.9 Å². The molecule has 0 radical (unpaired) electrons. The highest BCUT2D eigenvalue weighted by molar-refractivity contribution is 7.88. The Kier molecular flexibility index (Phi) is 6.75. The van der Waals surface area contributed by atoms with Gasteiger partial charge in [0.05, 0.1) is 15.7 Å². The van der Waals surface area contributed by atoms with Crippen LogP contribution in [0.5, 0.6) is 11.5 Å². The zero-order valence-corrected chi connectivity index (χ0v) is 16.9. The third kappa shape index (κ3) is 4.85. The summed E-state index contributed by atoms with van der Waals surface area (Å²) < 4.78 is 70.5. The van der Waals surface area contributed by atoms with E-state index in [0.29, 0.717) is 11.2 Å². The zero-order valence-electron chi connectivity index (χ0n) is 15.2. The van der Waals surface area contributed by atoms with Crippen molar-refractivity contribution in [3.63, 3.8) is 0 Å². The molecule has 1 aromatic carbocycles. The standard InChI is InChI=1S/C14H13F3N2O5S2.C2H6/c1-7(8-2-12(20)18-5-8)23-11-4-9(3-10-13(11)25-6-19-10)24-26(21,22)14(15,16)17;1-2/h3-4,6-8H,2,5H2,1H3,(H,18,20);1-2H3. The first-order chi connectivity index (χ1) is 13.1. The van der Waals surface area contributed by atoms with Crippen LogP contribution in [0.15, 0.2) is 17.6 Å². The van der Waals surface area contributed by atoms with E-state index in [-0.39, 0.29) is 29.5 Å². The monoisotopic (exact) mass is 440 g/mol. The van der Waals surface area contributed by atoms with Gasteiger partial charge in [0.25, 0.3) is 0 Å². The molecule has 1 aliphatic rings. The second-order valence-corrected chi connectivity index (χ2v) is 8.09. The number of nitrogens with zero attached hydrogens (tertiary/aromatic N) is 1. The lowest BCUT2D eigenvalue weighted by molar-refractivity contribution is -0.119. The number of hydrogen-bond acceptors (Lipinski definition) is 7. The number of aromatic nitrogens is 1. The lowest BCUT2D eigenvalue weighted by Gasteiger charge is -2.20. The van der Waals surface area contributed by atoms with Gasteiger partial charge in [0.1, 0.15) is 17.6 Å². The molecular formula is C16H19F3N2O5S2. The van der Waals surface area contributed by atoms with Crippen LogP contribution in [0.4, 0.5) is 13.2 Å². The SMILES string of the molecule is CC.CC(Oc1cc(OS(=O)(=O)C(F)(F)F)cc2ncsc12)C1CNC(=O)C1. The van der Waals surface area contributed by atoms with Crippen LogP contribution in [-0.4, -0.2) is 37.5 Å². The number of fused-ring (bicyclic) bond motifs is 1. The topological polar surface area (TPSA) is 94.6 Å². The van der Waals surface area contributed by atoms with Gasteiger partial charge in [0.15, 0.2) is 0 Å². The smallest absolute Gasteiger partial charge is 0.489 e. The molecule has 0 saturated carbocycles. The average Bonchev–Trinajstić information content (AvgIpc) is 3.24. The molecule has 1 aromatic heterocycles. The van der Waals surface area contributed by atoms with E-state index in [0.717, 1.165) is 12.1 Å². The predicted molar refractivity (Wildman–Crippen MR) is 97.8 cm³/mol. The normalized spacial score (nSPS) is 18.2. The third-order valence-corrected chi connectivity index (χ3v) is 5.68. The van der Waals surface area contributed by atoms with E-state index >= 15 is 0 Å².